The third-order valence-electron chi connectivity index (χ3n) is 6.29. The van der Waals surface area contributed by atoms with Crippen LogP contribution in [0.1, 0.15) is 37.3 Å². The first-order chi connectivity index (χ1) is 15.7. The molecule has 0 bridgehead atoms. The monoisotopic (exact) mass is 453 g/mol. The third kappa shape index (κ3) is 4.92. The lowest BCUT2D eigenvalue weighted by Crippen LogP contribution is -2.46. The maximum absolute atomic E-state index is 13.5. The standard InChI is InChI=1S/C24H25F2N5O2/c1-24(2,17-5-9-31(10-6-17)22(32)21-27-7-8-28-21)23(33)30-20-4-3-15(14-29-20)16-11-18(25)13-19(26)12-16/h3-4,7-8,11-14,17H,5-6,9-10H2,1-2H3,(H,27,28)(H,29,30,33). The fourth-order valence-electron chi connectivity index (χ4n) is 4.16. The molecule has 0 spiro atoms. The van der Waals surface area contributed by atoms with Crippen LogP contribution in [0.3, 0.4) is 0 Å². The van der Waals surface area contributed by atoms with Crippen molar-refractivity contribution in [3.05, 3.63) is 66.4 Å². The van der Waals surface area contributed by atoms with E-state index in [1.165, 1.54) is 18.3 Å². The van der Waals surface area contributed by atoms with Gasteiger partial charge in [-0.15, -0.1) is 0 Å². The second kappa shape index (κ2) is 9.09. The zero-order chi connectivity index (χ0) is 23.6. The van der Waals surface area contributed by atoms with Crippen LogP contribution in [-0.4, -0.2) is 44.8 Å². The summed E-state index contributed by atoms with van der Waals surface area (Å²) in [5.74, 6) is -0.867. The van der Waals surface area contributed by atoms with Crippen LogP contribution in [0.25, 0.3) is 11.1 Å². The summed E-state index contributed by atoms with van der Waals surface area (Å²) in [5, 5.41) is 2.84. The van der Waals surface area contributed by atoms with E-state index in [1.807, 2.05) is 13.8 Å². The van der Waals surface area contributed by atoms with Gasteiger partial charge in [0.15, 0.2) is 5.82 Å². The molecule has 2 amide bonds. The average molecular weight is 453 g/mol. The van der Waals surface area contributed by atoms with Gasteiger partial charge in [-0.05, 0) is 48.6 Å². The van der Waals surface area contributed by atoms with Crippen molar-refractivity contribution >= 4 is 17.6 Å². The smallest absolute Gasteiger partial charge is 0.289 e. The molecule has 0 unspecified atom stereocenters. The van der Waals surface area contributed by atoms with Gasteiger partial charge in [-0.2, -0.15) is 0 Å². The molecular weight excluding hydrogens is 428 g/mol. The lowest BCUT2D eigenvalue weighted by molar-refractivity contribution is -0.127. The number of carbonyl (C=O) groups is 2. The van der Waals surface area contributed by atoms with Gasteiger partial charge in [-0.3, -0.25) is 9.59 Å². The van der Waals surface area contributed by atoms with Crippen molar-refractivity contribution in [1.29, 1.82) is 0 Å². The Balaban J connectivity index is 1.37. The van der Waals surface area contributed by atoms with Crippen LogP contribution < -0.4 is 5.32 Å². The number of rotatable bonds is 5. The lowest BCUT2D eigenvalue weighted by atomic mass is 9.73. The molecule has 0 saturated carbocycles. The normalized spacial score (nSPS) is 14.8. The van der Waals surface area contributed by atoms with Gasteiger partial charge in [0.05, 0.1) is 0 Å². The molecule has 1 aliphatic rings. The fraction of sp³-hybridized carbons (Fsp3) is 0.333. The molecule has 7 nitrogen and oxygen atoms in total. The predicted molar refractivity (Wildman–Crippen MR) is 119 cm³/mol. The molecule has 1 fully saturated rings. The maximum Gasteiger partial charge on any atom is 0.289 e. The number of likely N-dealkylation sites (tertiary alicyclic amines) is 1. The van der Waals surface area contributed by atoms with Crippen LogP contribution in [0, 0.1) is 23.0 Å². The third-order valence-corrected chi connectivity index (χ3v) is 6.29. The summed E-state index contributed by atoms with van der Waals surface area (Å²) in [5.41, 5.74) is 0.236. The molecule has 1 aliphatic heterocycles. The molecule has 0 aliphatic carbocycles. The molecule has 3 heterocycles. The molecule has 4 rings (SSSR count). The number of hydrogen-bond donors (Lipinski definition) is 2. The number of benzene rings is 1. The van der Waals surface area contributed by atoms with Gasteiger partial charge in [0.1, 0.15) is 17.5 Å². The number of halogens is 2. The van der Waals surface area contributed by atoms with Gasteiger partial charge in [0.25, 0.3) is 5.91 Å². The molecule has 3 aromatic rings. The van der Waals surface area contributed by atoms with E-state index in [0.29, 0.717) is 48.7 Å². The van der Waals surface area contributed by atoms with E-state index in [1.54, 1.807) is 29.4 Å². The van der Waals surface area contributed by atoms with Gasteiger partial charge in [-0.1, -0.05) is 13.8 Å². The van der Waals surface area contributed by atoms with E-state index < -0.39 is 17.0 Å². The predicted octanol–water partition coefficient (Wildman–Crippen LogP) is 4.27. The summed E-state index contributed by atoms with van der Waals surface area (Å²) < 4.78 is 26.9. The van der Waals surface area contributed by atoms with Crippen LogP contribution in [0.5, 0.6) is 0 Å². The maximum atomic E-state index is 13.5. The van der Waals surface area contributed by atoms with Crippen LogP contribution in [-0.2, 0) is 4.79 Å². The minimum atomic E-state index is -0.675. The molecule has 172 valence electrons. The number of aromatic amines is 1. The molecule has 2 N–H and O–H groups in total. The molecule has 0 radical (unpaired) electrons. The van der Waals surface area contributed by atoms with Crippen LogP contribution in [0.4, 0.5) is 14.6 Å². The van der Waals surface area contributed by atoms with Crippen molar-refractivity contribution < 1.29 is 18.4 Å². The van der Waals surface area contributed by atoms with Gasteiger partial charge >= 0.3 is 0 Å². The van der Waals surface area contributed by atoms with E-state index >= 15 is 0 Å². The summed E-state index contributed by atoms with van der Waals surface area (Å²) in [7, 11) is 0. The Kier molecular flexibility index (Phi) is 6.22. The van der Waals surface area contributed by atoms with Crippen molar-refractivity contribution in [2.75, 3.05) is 18.4 Å². The van der Waals surface area contributed by atoms with E-state index in [0.717, 1.165) is 6.07 Å². The highest BCUT2D eigenvalue weighted by atomic mass is 19.1. The number of pyridine rings is 1. The Morgan fingerprint density at radius 3 is 2.33 bits per heavy atom. The number of imidazole rings is 1. The zero-order valence-corrected chi connectivity index (χ0v) is 18.4. The van der Waals surface area contributed by atoms with Gasteiger partial charge in [0.2, 0.25) is 5.91 Å². The number of piperidine rings is 1. The van der Waals surface area contributed by atoms with Crippen molar-refractivity contribution in [2.45, 2.75) is 26.7 Å². The summed E-state index contributed by atoms with van der Waals surface area (Å²) in [6.07, 6.45) is 6.03. The quantitative estimate of drug-likeness (QED) is 0.604. The van der Waals surface area contributed by atoms with Crippen molar-refractivity contribution in [1.82, 2.24) is 19.9 Å². The van der Waals surface area contributed by atoms with E-state index in [2.05, 4.69) is 20.3 Å². The Morgan fingerprint density at radius 1 is 1.06 bits per heavy atom. The Hall–Kier alpha value is -3.62. The summed E-state index contributed by atoms with van der Waals surface area (Å²) in [6.45, 7) is 4.89. The van der Waals surface area contributed by atoms with Crippen LogP contribution in [0.15, 0.2) is 48.9 Å². The number of aromatic nitrogens is 3. The number of nitrogens with zero attached hydrogens (tertiary/aromatic N) is 3. The second-order valence-electron chi connectivity index (χ2n) is 8.77. The Bertz CT molecular complexity index is 1120. The zero-order valence-electron chi connectivity index (χ0n) is 18.4. The molecule has 1 saturated heterocycles. The number of anilines is 1. The fourth-order valence-corrected chi connectivity index (χ4v) is 4.16. The number of nitrogens with one attached hydrogen (secondary N) is 2. The van der Waals surface area contributed by atoms with Gasteiger partial charge < -0.3 is 15.2 Å². The first-order valence-corrected chi connectivity index (χ1v) is 10.8. The minimum Gasteiger partial charge on any atom is -0.341 e. The highest BCUT2D eigenvalue weighted by molar-refractivity contribution is 5.94. The molecule has 1 aromatic carbocycles. The Labute approximate surface area is 190 Å². The van der Waals surface area contributed by atoms with E-state index in [-0.39, 0.29) is 17.7 Å². The largest absolute Gasteiger partial charge is 0.341 e. The van der Waals surface area contributed by atoms with Crippen molar-refractivity contribution in [3.63, 3.8) is 0 Å². The van der Waals surface area contributed by atoms with Crippen molar-refractivity contribution in [2.24, 2.45) is 11.3 Å². The molecule has 33 heavy (non-hydrogen) atoms. The van der Waals surface area contributed by atoms with Gasteiger partial charge in [-0.25, -0.2) is 18.7 Å². The summed E-state index contributed by atoms with van der Waals surface area (Å²) in [4.78, 5) is 38.3. The van der Waals surface area contributed by atoms with Crippen molar-refractivity contribution in [3.8, 4) is 11.1 Å². The molecule has 0 atom stereocenters. The SMILES string of the molecule is CC(C)(C(=O)Nc1ccc(-c2cc(F)cc(F)c2)cn1)C1CCN(C(=O)c2ncc[nH]2)CC1. The molecule has 2 aromatic heterocycles. The number of carbonyl (C=O) groups excluding carboxylic acids is 2. The first-order valence-electron chi connectivity index (χ1n) is 10.8. The summed E-state index contributed by atoms with van der Waals surface area (Å²) >= 11 is 0. The molecule has 9 heteroatoms. The van der Waals surface area contributed by atoms with Gasteiger partial charge in [0, 0.05) is 48.7 Å². The number of hydrogen-bond acceptors (Lipinski definition) is 4. The van der Waals surface area contributed by atoms with Crippen LogP contribution >= 0.6 is 0 Å². The second-order valence-corrected chi connectivity index (χ2v) is 8.77. The molecular formula is C24H25F2N5O2. The lowest BCUT2D eigenvalue weighted by Gasteiger charge is -2.39. The van der Waals surface area contributed by atoms with E-state index in [4.69, 9.17) is 0 Å². The topological polar surface area (TPSA) is 91.0 Å². The Morgan fingerprint density at radius 2 is 1.76 bits per heavy atom. The number of amides is 2. The highest BCUT2D eigenvalue weighted by Gasteiger charge is 2.39. The van der Waals surface area contributed by atoms with Crippen LogP contribution in [0.2, 0.25) is 0 Å². The van der Waals surface area contributed by atoms with E-state index in [9.17, 15) is 18.4 Å². The minimum absolute atomic E-state index is 0.0905. The summed E-state index contributed by atoms with van der Waals surface area (Å²) in [6, 6.07) is 6.53. The average Bonchev–Trinajstić information content (AvgIpc) is 3.33. The first kappa shape index (κ1) is 22.6. The highest BCUT2D eigenvalue weighted by Crippen LogP contribution is 2.36. The number of H-pyrrole nitrogens is 1.